The minimum absolute atomic E-state index is 0.146. The maximum atomic E-state index is 13.1. The van der Waals surface area contributed by atoms with Crippen molar-refractivity contribution in [3.05, 3.63) is 76.7 Å². The molecule has 0 unspecified atom stereocenters. The maximum absolute atomic E-state index is 13.1. The van der Waals surface area contributed by atoms with Crippen molar-refractivity contribution in [2.24, 2.45) is 0 Å². The van der Waals surface area contributed by atoms with E-state index in [4.69, 9.17) is 11.6 Å². The van der Waals surface area contributed by atoms with Crippen molar-refractivity contribution >= 4 is 11.6 Å². The maximum Gasteiger partial charge on any atom is 0.141 e. The number of nitrogens with one attached hydrogen (secondary N) is 2. The second kappa shape index (κ2) is 6.73. The Balaban J connectivity index is 1.65. The predicted octanol–water partition coefficient (Wildman–Crippen LogP) is 4.16. The van der Waals surface area contributed by atoms with Crippen LogP contribution in [-0.4, -0.2) is 10.2 Å². The molecule has 3 rings (SSSR count). The second-order valence-electron chi connectivity index (χ2n) is 4.99. The lowest BCUT2D eigenvalue weighted by Crippen LogP contribution is -2.13. The summed E-state index contributed by atoms with van der Waals surface area (Å²) in [6.45, 7) is 1.27. The molecule has 0 amide bonds. The van der Waals surface area contributed by atoms with Crippen LogP contribution in [0.1, 0.15) is 11.1 Å². The molecule has 1 heterocycles. The third-order valence-electron chi connectivity index (χ3n) is 3.41. The molecule has 0 aliphatic carbocycles. The lowest BCUT2D eigenvalue weighted by atomic mass is 10.1. The van der Waals surface area contributed by atoms with E-state index < -0.39 is 5.82 Å². The summed E-state index contributed by atoms with van der Waals surface area (Å²) in [5.41, 5.74) is 4.13. The zero-order chi connectivity index (χ0) is 15.4. The first-order valence-corrected chi connectivity index (χ1v) is 7.34. The highest BCUT2D eigenvalue weighted by molar-refractivity contribution is 6.30. The normalized spacial score (nSPS) is 10.8. The van der Waals surface area contributed by atoms with E-state index in [-0.39, 0.29) is 5.02 Å². The van der Waals surface area contributed by atoms with Crippen LogP contribution in [0.25, 0.3) is 11.3 Å². The Morgan fingerprint density at radius 3 is 2.68 bits per heavy atom. The molecule has 1 aromatic heterocycles. The Morgan fingerprint density at radius 1 is 1.09 bits per heavy atom. The molecule has 2 aromatic carbocycles. The molecule has 0 fully saturated rings. The van der Waals surface area contributed by atoms with Crippen molar-refractivity contribution in [2.45, 2.75) is 13.1 Å². The van der Waals surface area contributed by atoms with Crippen LogP contribution < -0.4 is 5.32 Å². The Hall–Kier alpha value is -2.17. The number of nitrogens with zero attached hydrogens (tertiary/aromatic N) is 1. The number of benzene rings is 2. The average Bonchev–Trinajstić information content (AvgIpc) is 3.00. The van der Waals surface area contributed by atoms with Gasteiger partial charge in [0.2, 0.25) is 0 Å². The Labute approximate surface area is 133 Å². The molecule has 2 N–H and O–H groups in total. The summed E-state index contributed by atoms with van der Waals surface area (Å²) in [6, 6.07) is 14.8. The van der Waals surface area contributed by atoms with E-state index in [1.54, 1.807) is 12.1 Å². The zero-order valence-corrected chi connectivity index (χ0v) is 12.6. The summed E-state index contributed by atoms with van der Waals surface area (Å²) in [6.07, 6.45) is 1.81. The van der Waals surface area contributed by atoms with Crippen molar-refractivity contribution in [3.8, 4) is 11.3 Å². The van der Waals surface area contributed by atoms with Gasteiger partial charge >= 0.3 is 0 Å². The van der Waals surface area contributed by atoms with Crippen molar-refractivity contribution in [2.75, 3.05) is 0 Å². The van der Waals surface area contributed by atoms with E-state index in [0.717, 1.165) is 22.4 Å². The first kappa shape index (κ1) is 14.8. The van der Waals surface area contributed by atoms with Crippen LogP contribution in [0.2, 0.25) is 5.02 Å². The summed E-state index contributed by atoms with van der Waals surface area (Å²) in [4.78, 5) is 0. The standard InChI is InChI=1S/C17H15ClFN3/c18-15-8-12(6-7-16(15)19)9-20-10-14-11-21-22-17(14)13-4-2-1-3-5-13/h1-8,11,20H,9-10H2,(H,21,22). The zero-order valence-electron chi connectivity index (χ0n) is 11.8. The smallest absolute Gasteiger partial charge is 0.141 e. The Kier molecular flexibility index (Phi) is 4.51. The van der Waals surface area contributed by atoms with Gasteiger partial charge in [-0.05, 0) is 23.3 Å². The molecule has 0 atom stereocenters. The summed E-state index contributed by atoms with van der Waals surface area (Å²) < 4.78 is 13.1. The van der Waals surface area contributed by atoms with E-state index in [1.165, 1.54) is 6.07 Å². The molecule has 0 saturated carbocycles. The number of halogens is 2. The third-order valence-corrected chi connectivity index (χ3v) is 3.70. The van der Waals surface area contributed by atoms with E-state index >= 15 is 0 Å². The van der Waals surface area contributed by atoms with Crippen LogP contribution in [0.15, 0.2) is 54.7 Å². The molecular weight excluding hydrogens is 301 g/mol. The van der Waals surface area contributed by atoms with Gasteiger partial charge in [0.25, 0.3) is 0 Å². The number of rotatable bonds is 5. The SMILES string of the molecule is Fc1ccc(CNCc2cn[nH]c2-c2ccccc2)cc1Cl. The van der Waals surface area contributed by atoms with E-state index in [2.05, 4.69) is 15.5 Å². The van der Waals surface area contributed by atoms with Crippen LogP contribution in [0.5, 0.6) is 0 Å². The second-order valence-corrected chi connectivity index (χ2v) is 5.40. The third kappa shape index (κ3) is 3.35. The first-order valence-electron chi connectivity index (χ1n) is 6.96. The van der Waals surface area contributed by atoms with Gasteiger partial charge in [0.1, 0.15) is 5.82 Å². The molecule has 0 spiro atoms. The molecule has 3 aromatic rings. The monoisotopic (exact) mass is 315 g/mol. The average molecular weight is 316 g/mol. The van der Waals surface area contributed by atoms with Crippen LogP contribution >= 0.6 is 11.6 Å². The molecule has 0 saturated heterocycles. The van der Waals surface area contributed by atoms with Gasteiger partial charge in [0.05, 0.1) is 16.9 Å². The van der Waals surface area contributed by atoms with Crippen LogP contribution in [0.3, 0.4) is 0 Å². The van der Waals surface area contributed by atoms with Crippen LogP contribution in [0.4, 0.5) is 4.39 Å². The van der Waals surface area contributed by atoms with Gasteiger partial charge in [-0.25, -0.2) is 4.39 Å². The fourth-order valence-corrected chi connectivity index (χ4v) is 2.49. The van der Waals surface area contributed by atoms with Crippen molar-refractivity contribution in [3.63, 3.8) is 0 Å². The topological polar surface area (TPSA) is 40.7 Å². The highest BCUT2D eigenvalue weighted by Gasteiger charge is 2.07. The Morgan fingerprint density at radius 2 is 1.91 bits per heavy atom. The van der Waals surface area contributed by atoms with Crippen molar-refractivity contribution < 1.29 is 4.39 Å². The van der Waals surface area contributed by atoms with Gasteiger partial charge in [-0.3, -0.25) is 5.10 Å². The summed E-state index contributed by atoms with van der Waals surface area (Å²) >= 11 is 5.78. The largest absolute Gasteiger partial charge is 0.308 e. The van der Waals surface area contributed by atoms with Gasteiger partial charge in [0.15, 0.2) is 0 Å². The molecule has 112 valence electrons. The number of hydrogen-bond donors (Lipinski definition) is 2. The lowest BCUT2D eigenvalue weighted by Gasteiger charge is -2.07. The summed E-state index contributed by atoms with van der Waals surface area (Å²) in [5, 5.41) is 10.6. The first-order chi connectivity index (χ1) is 10.7. The van der Waals surface area contributed by atoms with Gasteiger partial charge in [0, 0.05) is 18.7 Å². The summed E-state index contributed by atoms with van der Waals surface area (Å²) in [5.74, 6) is -0.397. The lowest BCUT2D eigenvalue weighted by molar-refractivity contribution is 0.625. The van der Waals surface area contributed by atoms with Gasteiger partial charge < -0.3 is 5.32 Å². The van der Waals surface area contributed by atoms with E-state index in [9.17, 15) is 4.39 Å². The van der Waals surface area contributed by atoms with Gasteiger partial charge in [-0.1, -0.05) is 48.0 Å². The quantitative estimate of drug-likeness (QED) is 0.742. The predicted molar refractivity (Wildman–Crippen MR) is 86.0 cm³/mol. The molecule has 0 radical (unpaired) electrons. The molecule has 3 nitrogen and oxygen atoms in total. The molecule has 5 heteroatoms. The van der Waals surface area contributed by atoms with Crippen molar-refractivity contribution in [1.29, 1.82) is 0 Å². The molecule has 0 aliphatic heterocycles. The molecule has 0 bridgehead atoms. The van der Waals surface area contributed by atoms with Gasteiger partial charge in [-0.15, -0.1) is 0 Å². The fourth-order valence-electron chi connectivity index (χ4n) is 2.29. The van der Waals surface area contributed by atoms with Gasteiger partial charge in [-0.2, -0.15) is 5.10 Å². The number of hydrogen-bond acceptors (Lipinski definition) is 2. The summed E-state index contributed by atoms with van der Waals surface area (Å²) in [7, 11) is 0. The van der Waals surface area contributed by atoms with E-state index in [0.29, 0.717) is 13.1 Å². The fraction of sp³-hybridized carbons (Fsp3) is 0.118. The number of aromatic nitrogens is 2. The highest BCUT2D eigenvalue weighted by Crippen LogP contribution is 2.20. The minimum Gasteiger partial charge on any atom is -0.308 e. The van der Waals surface area contributed by atoms with Crippen LogP contribution in [-0.2, 0) is 13.1 Å². The number of H-pyrrole nitrogens is 1. The van der Waals surface area contributed by atoms with Crippen LogP contribution in [0, 0.1) is 5.82 Å². The molecule has 0 aliphatic rings. The Bertz CT molecular complexity index is 756. The molecule has 22 heavy (non-hydrogen) atoms. The minimum atomic E-state index is -0.397. The highest BCUT2D eigenvalue weighted by atomic mass is 35.5. The number of aromatic amines is 1. The molecular formula is C17H15ClFN3. The van der Waals surface area contributed by atoms with E-state index in [1.807, 2.05) is 36.5 Å². The van der Waals surface area contributed by atoms with Crippen molar-refractivity contribution in [1.82, 2.24) is 15.5 Å².